The summed E-state index contributed by atoms with van der Waals surface area (Å²) in [4.78, 5) is 89.7. The number of halogens is 3. The Balaban J connectivity index is 0.00000169. The van der Waals surface area contributed by atoms with Gasteiger partial charge in [0, 0.05) is 39.7 Å². The van der Waals surface area contributed by atoms with E-state index in [4.69, 9.17) is 27.1 Å². The van der Waals surface area contributed by atoms with E-state index >= 15 is 0 Å². The van der Waals surface area contributed by atoms with Gasteiger partial charge in [0.15, 0.2) is 0 Å². The minimum atomic E-state index is -5.08. The summed E-state index contributed by atoms with van der Waals surface area (Å²) in [6, 6.07) is 36.6. The summed E-state index contributed by atoms with van der Waals surface area (Å²) in [7, 11) is 0. The van der Waals surface area contributed by atoms with Crippen LogP contribution < -0.4 is 49.1 Å². The van der Waals surface area contributed by atoms with Gasteiger partial charge in [0.2, 0.25) is 17.7 Å². The number of carbonyl (C=O) groups excluding carboxylic acids is 6. The summed E-state index contributed by atoms with van der Waals surface area (Å²) in [6.45, 7) is 1.26. The van der Waals surface area contributed by atoms with Gasteiger partial charge in [-0.15, -0.1) is 0 Å². The van der Waals surface area contributed by atoms with E-state index in [1.165, 1.54) is 36.4 Å². The topological polar surface area (TPSA) is 351 Å². The van der Waals surface area contributed by atoms with Gasteiger partial charge in [-0.1, -0.05) is 54.6 Å². The summed E-state index contributed by atoms with van der Waals surface area (Å²) in [6.07, 6.45) is -0.421. The number of rotatable bonds is 27. The first-order valence-corrected chi connectivity index (χ1v) is 26.6. The zero-order valence-corrected chi connectivity index (χ0v) is 45.2. The summed E-state index contributed by atoms with van der Waals surface area (Å²) < 4.78 is 31.7. The predicted molar refractivity (Wildman–Crippen MR) is 307 cm³/mol. The van der Waals surface area contributed by atoms with Crippen LogP contribution in [0.15, 0.2) is 146 Å². The Morgan fingerprint density at radius 1 is 0.410 bits per heavy atom. The second-order valence-corrected chi connectivity index (χ2v) is 19.2. The van der Waals surface area contributed by atoms with Gasteiger partial charge >= 0.3 is 12.1 Å². The van der Waals surface area contributed by atoms with Crippen LogP contribution in [0.5, 0.6) is 17.2 Å². The third-order valence-corrected chi connectivity index (χ3v) is 12.8. The van der Waals surface area contributed by atoms with Crippen LogP contribution in [0, 0.1) is 0 Å². The molecule has 0 heterocycles. The fourth-order valence-corrected chi connectivity index (χ4v) is 8.49. The van der Waals surface area contributed by atoms with Crippen molar-refractivity contribution >= 4 is 58.5 Å². The van der Waals surface area contributed by atoms with Gasteiger partial charge in [-0.05, 0) is 185 Å². The van der Waals surface area contributed by atoms with Crippen LogP contribution in [-0.4, -0.2) is 106 Å². The summed E-state index contributed by atoms with van der Waals surface area (Å²) in [5, 5.41) is 54.1. The number of aromatic hydroxyl groups is 3. The van der Waals surface area contributed by atoms with Gasteiger partial charge in [-0.25, -0.2) is 4.79 Å². The maximum atomic E-state index is 13.8. The van der Waals surface area contributed by atoms with Crippen LogP contribution in [0.1, 0.15) is 111 Å². The molecule has 6 rings (SSSR count). The van der Waals surface area contributed by atoms with E-state index in [1.54, 1.807) is 72.8 Å². The van der Waals surface area contributed by atoms with Gasteiger partial charge in [0.1, 0.15) is 35.4 Å². The SMILES string of the molecule is NCCCC[C@@H](NC(=O)c1cccc(O)c1)C(=O)Nc1ccc(C(c2ccc(NC(=O)[C@@H](CCCCN)NC(=O)c3cccc(O)c3)cc2)c2ccc(NC(=O)[C@@H](CCCCN)NC(=O)c3cccc(O)c3)cc2)cc1.O=C(O)C(F)(F)F. The first-order chi connectivity index (χ1) is 39.7. The van der Waals surface area contributed by atoms with Crippen molar-refractivity contribution in [3.05, 3.63) is 179 Å². The third kappa shape index (κ3) is 20.9. The lowest BCUT2D eigenvalue weighted by Crippen LogP contribution is -2.43. The number of alkyl halides is 3. The normalized spacial score (nSPS) is 12.1. The molecule has 0 saturated carbocycles. The number of anilines is 3. The smallest absolute Gasteiger partial charge is 0.490 e. The Morgan fingerprint density at radius 2 is 0.663 bits per heavy atom. The molecule has 6 aromatic carbocycles. The van der Waals surface area contributed by atoms with E-state index in [0.717, 1.165) is 16.7 Å². The molecule has 440 valence electrons. The Labute approximate surface area is 477 Å². The molecule has 0 saturated heterocycles. The number of aliphatic carboxylic acids is 1. The van der Waals surface area contributed by atoms with Crippen molar-refractivity contribution in [2.24, 2.45) is 17.2 Å². The first-order valence-electron chi connectivity index (χ1n) is 26.6. The molecule has 23 heteroatoms. The minimum absolute atomic E-state index is 0.0819. The van der Waals surface area contributed by atoms with Crippen molar-refractivity contribution in [1.82, 2.24) is 16.0 Å². The molecular weight excluding hydrogens is 1080 g/mol. The number of carboxylic acid groups (broad SMARTS) is 1. The van der Waals surface area contributed by atoms with Crippen LogP contribution in [0.4, 0.5) is 30.2 Å². The zero-order valence-electron chi connectivity index (χ0n) is 45.2. The highest BCUT2D eigenvalue weighted by Crippen LogP contribution is 2.34. The molecule has 0 bridgehead atoms. The molecule has 0 fully saturated rings. The average molecular weight is 1150 g/mol. The highest BCUT2D eigenvalue weighted by atomic mass is 19.4. The van der Waals surface area contributed by atoms with E-state index in [9.17, 15) is 57.3 Å². The number of phenolic OH excluding ortho intramolecular Hbond substituents is 3. The number of hydrogen-bond acceptors (Lipinski definition) is 13. The molecule has 3 atom stereocenters. The van der Waals surface area contributed by atoms with Crippen LogP contribution in [0.2, 0.25) is 0 Å². The summed E-state index contributed by atoms with van der Waals surface area (Å²) in [5.74, 6) is -6.30. The van der Waals surface area contributed by atoms with Crippen LogP contribution in [0.25, 0.3) is 0 Å². The van der Waals surface area contributed by atoms with E-state index in [1.807, 2.05) is 36.4 Å². The molecule has 6 amide bonds. The standard InChI is InChI=1S/C58H67N9O9.C2HF3O2/c59-31-4-1-16-49(65-53(71)40-10-7-13-46(68)34-40)56(74)62-43-25-19-37(20-26-43)52(38-21-27-44(28-22-38)63-57(75)50(17-2-5-32-60)66-54(72)41-11-8-14-47(69)35-41)39-23-29-45(30-24-39)64-58(76)51(18-3-6-33-61)67-55(73)42-12-9-15-48(70)36-42;3-2(4,5)1(6)7/h7-15,19-30,34-36,49-52,68-70H,1-6,16-18,31-33,59-61H2,(H,62,74)(H,63,75)(H,64,76)(H,65,71)(H,66,72)(H,67,73);(H,6,7)/t49-,50-,51-;/m1./s1. The maximum Gasteiger partial charge on any atom is 0.490 e. The predicted octanol–water partition coefficient (Wildman–Crippen LogP) is 7.22. The summed E-state index contributed by atoms with van der Waals surface area (Å²) in [5.41, 5.74) is 21.6. The highest BCUT2D eigenvalue weighted by molar-refractivity contribution is 6.03. The molecule has 83 heavy (non-hydrogen) atoms. The quantitative estimate of drug-likeness (QED) is 0.0179. The molecule has 0 radical (unpaired) electrons. The Morgan fingerprint density at radius 3 is 0.880 bits per heavy atom. The van der Waals surface area contributed by atoms with Gasteiger partial charge in [-0.3, -0.25) is 28.8 Å². The zero-order chi connectivity index (χ0) is 60.5. The molecule has 0 unspecified atom stereocenters. The van der Waals surface area contributed by atoms with Gasteiger partial charge < -0.3 is 69.5 Å². The number of carbonyl (C=O) groups is 7. The molecule has 6 aromatic rings. The van der Waals surface area contributed by atoms with E-state index < -0.39 is 71.6 Å². The molecule has 16 N–H and O–H groups in total. The number of unbranched alkanes of at least 4 members (excludes halogenated alkanes) is 3. The Kier molecular flexibility index (Phi) is 25.0. The molecule has 0 aliphatic heterocycles. The van der Waals surface area contributed by atoms with Crippen LogP contribution in [0.3, 0.4) is 0 Å². The Hall–Kier alpha value is -9.32. The van der Waals surface area contributed by atoms with Crippen LogP contribution >= 0.6 is 0 Å². The van der Waals surface area contributed by atoms with Crippen molar-refractivity contribution in [2.75, 3.05) is 35.6 Å². The number of phenols is 3. The number of benzene rings is 6. The minimum Gasteiger partial charge on any atom is -0.508 e. The average Bonchev–Trinajstić information content (AvgIpc) is 3.66. The van der Waals surface area contributed by atoms with Gasteiger partial charge in [0.25, 0.3) is 17.7 Å². The highest BCUT2D eigenvalue weighted by Gasteiger charge is 2.38. The lowest BCUT2D eigenvalue weighted by atomic mass is 9.85. The lowest BCUT2D eigenvalue weighted by Gasteiger charge is -2.22. The fourth-order valence-electron chi connectivity index (χ4n) is 8.49. The maximum absolute atomic E-state index is 13.8. The van der Waals surface area contributed by atoms with Gasteiger partial charge in [-0.2, -0.15) is 13.2 Å². The fraction of sp³-hybridized carbons (Fsp3) is 0.283. The molecule has 0 aliphatic carbocycles. The van der Waals surface area contributed by atoms with E-state index in [2.05, 4.69) is 31.9 Å². The molecule has 0 aliphatic rings. The van der Waals surface area contributed by atoms with Crippen LogP contribution in [-0.2, 0) is 19.2 Å². The molecular formula is C60H68F3N9O11. The first kappa shape index (κ1) is 64.5. The molecule has 20 nitrogen and oxygen atoms in total. The van der Waals surface area contributed by atoms with Gasteiger partial charge in [0.05, 0.1) is 0 Å². The Bertz CT molecular complexity index is 2820. The molecule has 0 aromatic heterocycles. The number of carboxylic acids is 1. The lowest BCUT2D eigenvalue weighted by molar-refractivity contribution is -0.192. The van der Waals surface area contributed by atoms with Crippen molar-refractivity contribution in [3.8, 4) is 17.2 Å². The monoisotopic (exact) mass is 1150 g/mol. The van der Waals surface area contributed by atoms with E-state index in [0.29, 0.717) is 94.5 Å². The van der Waals surface area contributed by atoms with Crippen molar-refractivity contribution in [3.63, 3.8) is 0 Å². The largest absolute Gasteiger partial charge is 0.508 e. The van der Waals surface area contributed by atoms with Crippen molar-refractivity contribution in [2.45, 2.75) is 88.0 Å². The van der Waals surface area contributed by atoms with E-state index in [-0.39, 0.29) is 33.9 Å². The number of nitrogens with one attached hydrogen (secondary N) is 6. The number of hydrogen-bond donors (Lipinski definition) is 13. The number of amides is 6. The van der Waals surface area contributed by atoms with Crippen molar-refractivity contribution < 1.29 is 67.2 Å². The molecule has 0 spiro atoms. The number of nitrogens with two attached hydrogens (primary N) is 3. The second-order valence-electron chi connectivity index (χ2n) is 19.2. The second kappa shape index (κ2) is 32.2. The summed E-state index contributed by atoms with van der Waals surface area (Å²) >= 11 is 0. The third-order valence-electron chi connectivity index (χ3n) is 12.8. The van der Waals surface area contributed by atoms with Crippen molar-refractivity contribution in [1.29, 1.82) is 0 Å².